The van der Waals surface area contributed by atoms with Gasteiger partial charge in [0.1, 0.15) is 0 Å². The monoisotopic (exact) mass is 294 g/mol. The molecule has 0 unspecified atom stereocenters. The molecule has 1 spiro atoms. The molecule has 4 aliphatic rings. The molecule has 0 bridgehead atoms. The first-order valence-corrected chi connectivity index (χ1v) is 8.02. The SMILES string of the molecule is O=C1CCCN1CCONC(=O)[C@]12C[C@H]1COC21CCC1. The summed E-state index contributed by atoms with van der Waals surface area (Å²) in [5, 5.41) is 0. The largest absolute Gasteiger partial charge is 0.374 e. The van der Waals surface area contributed by atoms with Crippen molar-refractivity contribution in [1.82, 2.24) is 10.4 Å². The van der Waals surface area contributed by atoms with Crippen molar-refractivity contribution in [2.24, 2.45) is 11.3 Å². The summed E-state index contributed by atoms with van der Waals surface area (Å²) >= 11 is 0. The van der Waals surface area contributed by atoms with Crippen molar-refractivity contribution in [3.63, 3.8) is 0 Å². The average Bonchev–Trinajstić information content (AvgIpc) is 2.87. The normalized spacial score (nSPS) is 35.7. The Hall–Kier alpha value is -1.14. The minimum atomic E-state index is -0.325. The molecule has 2 atom stereocenters. The van der Waals surface area contributed by atoms with Gasteiger partial charge in [0, 0.05) is 25.4 Å². The highest BCUT2D eigenvalue weighted by molar-refractivity contribution is 5.87. The average molecular weight is 294 g/mol. The van der Waals surface area contributed by atoms with Gasteiger partial charge in [0.05, 0.1) is 24.2 Å². The van der Waals surface area contributed by atoms with Crippen LogP contribution in [0.4, 0.5) is 0 Å². The Bertz CT molecular complexity index is 476. The molecule has 2 saturated carbocycles. The number of fused-ring (bicyclic) bond motifs is 2. The second-order valence-electron chi connectivity index (χ2n) is 6.80. The summed E-state index contributed by atoms with van der Waals surface area (Å²) in [6.45, 7) is 2.43. The molecule has 6 nitrogen and oxygen atoms in total. The molecule has 21 heavy (non-hydrogen) atoms. The van der Waals surface area contributed by atoms with Crippen LogP contribution in [0.5, 0.6) is 0 Å². The number of hydrogen-bond donors (Lipinski definition) is 1. The third kappa shape index (κ3) is 1.85. The first-order chi connectivity index (χ1) is 10.2. The molecule has 6 heteroatoms. The van der Waals surface area contributed by atoms with E-state index < -0.39 is 0 Å². The van der Waals surface area contributed by atoms with Gasteiger partial charge in [-0.05, 0) is 32.1 Å². The standard InChI is InChI=1S/C15H22N2O4/c18-12-3-1-6-17(12)7-8-21-16-13(19)15-9-11(15)10-20-14(15)4-2-5-14/h11H,1-10H2,(H,16,19)/t11-,15-/m0/s1. The van der Waals surface area contributed by atoms with E-state index >= 15 is 0 Å². The van der Waals surface area contributed by atoms with Crippen LogP contribution in [0.25, 0.3) is 0 Å². The maximum Gasteiger partial charge on any atom is 0.253 e. The highest BCUT2D eigenvalue weighted by Crippen LogP contribution is 2.71. The minimum absolute atomic E-state index is 0.0163. The van der Waals surface area contributed by atoms with Gasteiger partial charge in [-0.3, -0.25) is 14.4 Å². The number of carbonyl (C=O) groups excluding carboxylic acids is 2. The number of hydroxylamine groups is 1. The van der Waals surface area contributed by atoms with E-state index in [2.05, 4.69) is 5.48 Å². The predicted molar refractivity (Wildman–Crippen MR) is 73.0 cm³/mol. The molecule has 0 aromatic carbocycles. The molecule has 116 valence electrons. The Balaban J connectivity index is 1.26. The number of nitrogens with zero attached hydrogens (tertiary/aromatic N) is 1. The molecule has 2 amide bonds. The van der Waals surface area contributed by atoms with E-state index in [1.54, 1.807) is 4.90 Å². The molecule has 0 radical (unpaired) electrons. The molecule has 0 aromatic heterocycles. The van der Waals surface area contributed by atoms with Crippen LogP contribution < -0.4 is 5.48 Å². The second kappa shape index (κ2) is 4.68. The maximum absolute atomic E-state index is 12.5. The molecule has 4 rings (SSSR count). The predicted octanol–water partition coefficient (Wildman–Crippen LogP) is 0.616. The molecule has 1 N–H and O–H groups in total. The molecular weight excluding hydrogens is 272 g/mol. The number of likely N-dealkylation sites (tertiary alicyclic amines) is 1. The zero-order valence-corrected chi connectivity index (χ0v) is 12.2. The van der Waals surface area contributed by atoms with E-state index in [-0.39, 0.29) is 22.8 Å². The van der Waals surface area contributed by atoms with Gasteiger partial charge in [-0.25, -0.2) is 5.48 Å². The van der Waals surface area contributed by atoms with Crippen LogP contribution in [0.15, 0.2) is 0 Å². The Morgan fingerprint density at radius 2 is 2.29 bits per heavy atom. The molecule has 2 aliphatic heterocycles. The second-order valence-corrected chi connectivity index (χ2v) is 6.80. The Morgan fingerprint density at radius 1 is 1.43 bits per heavy atom. The van der Waals surface area contributed by atoms with Crippen LogP contribution in [-0.2, 0) is 19.2 Å². The Kier molecular flexibility index (Phi) is 3.01. The van der Waals surface area contributed by atoms with E-state index in [0.29, 0.717) is 25.5 Å². The van der Waals surface area contributed by atoms with Gasteiger partial charge in [0.15, 0.2) is 0 Å². The Morgan fingerprint density at radius 3 is 2.90 bits per heavy atom. The van der Waals surface area contributed by atoms with Gasteiger partial charge in [-0.15, -0.1) is 0 Å². The topological polar surface area (TPSA) is 67.9 Å². The van der Waals surface area contributed by atoms with E-state index in [9.17, 15) is 9.59 Å². The van der Waals surface area contributed by atoms with Crippen LogP contribution in [0.3, 0.4) is 0 Å². The highest BCUT2D eigenvalue weighted by Gasteiger charge is 2.77. The fourth-order valence-corrected chi connectivity index (χ4v) is 4.36. The fourth-order valence-electron chi connectivity index (χ4n) is 4.36. The van der Waals surface area contributed by atoms with Crippen molar-refractivity contribution < 1.29 is 19.2 Å². The van der Waals surface area contributed by atoms with Crippen molar-refractivity contribution in [2.75, 3.05) is 26.3 Å². The summed E-state index contributed by atoms with van der Waals surface area (Å²) < 4.78 is 5.90. The molecule has 0 aromatic rings. The van der Waals surface area contributed by atoms with Crippen molar-refractivity contribution in [3.8, 4) is 0 Å². The summed E-state index contributed by atoms with van der Waals surface area (Å²) in [6, 6.07) is 0. The van der Waals surface area contributed by atoms with E-state index in [1.807, 2.05) is 0 Å². The van der Waals surface area contributed by atoms with Crippen LogP contribution in [0, 0.1) is 11.3 Å². The smallest absolute Gasteiger partial charge is 0.253 e. The lowest BCUT2D eigenvalue weighted by Gasteiger charge is -2.44. The van der Waals surface area contributed by atoms with E-state index in [4.69, 9.17) is 9.57 Å². The molecular formula is C15H22N2O4. The molecule has 4 fully saturated rings. The quantitative estimate of drug-likeness (QED) is 0.596. The third-order valence-electron chi connectivity index (χ3n) is 5.84. The van der Waals surface area contributed by atoms with Gasteiger partial charge >= 0.3 is 0 Å². The number of hydrogen-bond acceptors (Lipinski definition) is 4. The molecule has 2 aliphatic carbocycles. The van der Waals surface area contributed by atoms with E-state index in [1.165, 1.54) is 0 Å². The number of ether oxygens (including phenoxy) is 1. The van der Waals surface area contributed by atoms with Gasteiger partial charge in [0.25, 0.3) is 5.91 Å². The lowest BCUT2D eigenvalue weighted by Crippen LogP contribution is -2.52. The lowest BCUT2D eigenvalue weighted by atomic mass is 9.68. The van der Waals surface area contributed by atoms with Crippen LogP contribution >= 0.6 is 0 Å². The van der Waals surface area contributed by atoms with Gasteiger partial charge in [-0.2, -0.15) is 0 Å². The fraction of sp³-hybridized carbons (Fsp3) is 0.867. The zero-order valence-electron chi connectivity index (χ0n) is 12.2. The van der Waals surface area contributed by atoms with Crippen molar-refractivity contribution in [2.45, 2.75) is 44.1 Å². The Labute approximate surface area is 124 Å². The number of rotatable bonds is 5. The first kappa shape index (κ1) is 13.5. The number of amides is 2. The van der Waals surface area contributed by atoms with Crippen LogP contribution in [0.2, 0.25) is 0 Å². The van der Waals surface area contributed by atoms with Crippen molar-refractivity contribution in [1.29, 1.82) is 0 Å². The van der Waals surface area contributed by atoms with Gasteiger partial charge < -0.3 is 9.64 Å². The zero-order chi connectivity index (χ0) is 14.5. The summed E-state index contributed by atoms with van der Waals surface area (Å²) in [4.78, 5) is 31.1. The van der Waals surface area contributed by atoms with Crippen molar-refractivity contribution in [3.05, 3.63) is 0 Å². The molecule has 2 heterocycles. The maximum atomic E-state index is 12.5. The highest BCUT2D eigenvalue weighted by atomic mass is 16.7. The minimum Gasteiger partial charge on any atom is -0.374 e. The summed E-state index contributed by atoms with van der Waals surface area (Å²) in [5.74, 6) is 0.544. The van der Waals surface area contributed by atoms with Gasteiger partial charge in [-0.1, -0.05) is 0 Å². The van der Waals surface area contributed by atoms with Crippen molar-refractivity contribution >= 4 is 11.8 Å². The summed E-state index contributed by atoms with van der Waals surface area (Å²) in [6.07, 6.45) is 5.65. The van der Waals surface area contributed by atoms with Crippen LogP contribution in [0.1, 0.15) is 38.5 Å². The van der Waals surface area contributed by atoms with Crippen LogP contribution in [-0.4, -0.2) is 48.6 Å². The third-order valence-corrected chi connectivity index (χ3v) is 5.84. The number of carbonyl (C=O) groups is 2. The summed E-state index contributed by atoms with van der Waals surface area (Å²) in [5.41, 5.74) is 2.09. The van der Waals surface area contributed by atoms with Gasteiger partial charge in [0.2, 0.25) is 5.91 Å². The summed E-state index contributed by atoms with van der Waals surface area (Å²) in [7, 11) is 0. The van der Waals surface area contributed by atoms with E-state index in [0.717, 1.165) is 45.3 Å². The number of nitrogens with one attached hydrogen (secondary N) is 1. The lowest BCUT2D eigenvalue weighted by molar-refractivity contribution is -0.160. The first-order valence-electron chi connectivity index (χ1n) is 8.02. The molecule has 2 saturated heterocycles.